The van der Waals surface area contributed by atoms with E-state index in [9.17, 15) is 4.79 Å². The summed E-state index contributed by atoms with van der Waals surface area (Å²) in [6.07, 6.45) is 0.811. The summed E-state index contributed by atoms with van der Waals surface area (Å²) in [5.41, 5.74) is 1.91. The van der Waals surface area contributed by atoms with Crippen LogP contribution < -0.4 is 5.32 Å². The molecule has 1 atom stereocenters. The van der Waals surface area contributed by atoms with Crippen molar-refractivity contribution in [3.05, 3.63) is 30.1 Å². The van der Waals surface area contributed by atoms with Crippen LogP contribution in [-0.2, 0) is 16.1 Å². The molecule has 5 heteroatoms. The number of aromatic nitrogens is 2. The minimum absolute atomic E-state index is 0.00521. The zero-order chi connectivity index (χ0) is 12.4. The van der Waals surface area contributed by atoms with E-state index in [0.29, 0.717) is 19.8 Å². The molecule has 1 amide bonds. The lowest BCUT2D eigenvalue weighted by molar-refractivity contribution is -0.125. The second-order valence-corrected chi connectivity index (χ2v) is 4.48. The molecule has 1 aromatic carbocycles. The first-order valence-corrected chi connectivity index (χ1v) is 6.12. The first kappa shape index (κ1) is 11.2. The SMILES string of the molecule is O=C(NCc1nc2ccccc2[nH]1)C1CCOC1. The number of para-hydroxylation sites is 2. The molecule has 1 aliphatic rings. The average molecular weight is 245 g/mol. The van der Waals surface area contributed by atoms with Gasteiger partial charge in [-0.25, -0.2) is 4.98 Å². The molecule has 0 saturated carbocycles. The smallest absolute Gasteiger partial charge is 0.225 e. The molecule has 5 nitrogen and oxygen atoms in total. The van der Waals surface area contributed by atoms with E-state index in [1.807, 2.05) is 24.3 Å². The Hall–Kier alpha value is -1.88. The van der Waals surface area contributed by atoms with Gasteiger partial charge in [-0.3, -0.25) is 4.79 Å². The third-order valence-electron chi connectivity index (χ3n) is 3.17. The standard InChI is InChI=1S/C13H15N3O2/c17-13(9-5-6-18-8-9)14-7-12-15-10-3-1-2-4-11(10)16-12/h1-4,9H,5-8H2,(H,14,17)(H,15,16). The maximum atomic E-state index is 11.8. The predicted octanol–water partition coefficient (Wildman–Crippen LogP) is 1.22. The van der Waals surface area contributed by atoms with Crippen molar-refractivity contribution < 1.29 is 9.53 Å². The molecular formula is C13H15N3O2. The van der Waals surface area contributed by atoms with Crippen molar-refractivity contribution in [2.24, 2.45) is 5.92 Å². The molecule has 1 saturated heterocycles. The molecule has 0 aliphatic carbocycles. The van der Waals surface area contributed by atoms with Gasteiger partial charge in [0.05, 0.1) is 30.1 Å². The summed E-state index contributed by atoms with van der Waals surface area (Å²) in [6, 6.07) is 7.82. The fourth-order valence-corrected chi connectivity index (χ4v) is 2.15. The highest BCUT2D eigenvalue weighted by Crippen LogP contribution is 2.13. The monoisotopic (exact) mass is 245 g/mol. The van der Waals surface area contributed by atoms with Gasteiger partial charge < -0.3 is 15.0 Å². The van der Waals surface area contributed by atoms with Gasteiger partial charge >= 0.3 is 0 Å². The number of rotatable bonds is 3. The number of H-pyrrole nitrogens is 1. The third-order valence-corrected chi connectivity index (χ3v) is 3.17. The first-order valence-electron chi connectivity index (χ1n) is 6.12. The van der Waals surface area contributed by atoms with Gasteiger partial charge in [-0.05, 0) is 18.6 Å². The fourth-order valence-electron chi connectivity index (χ4n) is 2.15. The Morgan fingerprint density at radius 1 is 1.50 bits per heavy atom. The van der Waals surface area contributed by atoms with Crippen LogP contribution in [0.5, 0.6) is 0 Å². The van der Waals surface area contributed by atoms with Crippen LogP contribution in [0.3, 0.4) is 0 Å². The number of imidazole rings is 1. The lowest BCUT2D eigenvalue weighted by atomic mass is 10.1. The van der Waals surface area contributed by atoms with Gasteiger partial charge in [-0.15, -0.1) is 0 Å². The molecule has 94 valence electrons. The van der Waals surface area contributed by atoms with Crippen LogP contribution in [0.4, 0.5) is 0 Å². The summed E-state index contributed by atoms with van der Waals surface area (Å²) < 4.78 is 5.19. The first-order chi connectivity index (χ1) is 8.83. The Balaban J connectivity index is 1.63. The Morgan fingerprint density at radius 3 is 3.17 bits per heavy atom. The number of aromatic amines is 1. The third kappa shape index (κ3) is 2.22. The van der Waals surface area contributed by atoms with Crippen LogP contribution in [0, 0.1) is 5.92 Å². The van der Waals surface area contributed by atoms with Crippen LogP contribution in [0.15, 0.2) is 24.3 Å². The largest absolute Gasteiger partial charge is 0.381 e. The summed E-state index contributed by atoms with van der Waals surface area (Å²) in [5.74, 6) is 0.825. The number of hydrogen-bond acceptors (Lipinski definition) is 3. The van der Waals surface area contributed by atoms with E-state index in [1.54, 1.807) is 0 Å². The van der Waals surface area contributed by atoms with Gasteiger partial charge in [-0.2, -0.15) is 0 Å². The molecule has 0 bridgehead atoms. The Bertz CT molecular complexity index is 525. The van der Waals surface area contributed by atoms with E-state index >= 15 is 0 Å². The normalized spacial score (nSPS) is 19.2. The maximum absolute atomic E-state index is 11.8. The quantitative estimate of drug-likeness (QED) is 0.854. The van der Waals surface area contributed by atoms with E-state index in [4.69, 9.17) is 4.74 Å². The highest BCUT2D eigenvalue weighted by molar-refractivity contribution is 5.79. The second-order valence-electron chi connectivity index (χ2n) is 4.48. The lowest BCUT2D eigenvalue weighted by Gasteiger charge is -2.07. The fraction of sp³-hybridized carbons (Fsp3) is 0.385. The minimum Gasteiger partial charge on any atom is -0.381 e. The molecule has 1 unspecified atom stereocenters. The van der Waals surface area contributed by atoms with Crippen molar-refractivity contribution in [2.75, 3.05) is 13.2 Å². The van der Waals surface area contributed by atoms with Crippen LogP contribution in [-0.4, -0.2) is 29.1 Å². The number of carbonyl (C=O) groups excluding carboxylic acids is 1. The lowest BCUT2D eigenvalue weighted by Crippen LogP contribution is -2.30. The summed E-state index contributed by atoms with van der Waals surface area (Å²) in [7, 11) is 0. The summed E-state index contributed by atoms with van der Waals surface area (Å²) in [4.78, 5) is 19.4. The molecule has 2 heterocycles. The van der Waals surface area contributed by atoms with Gasteiger partial charge in [0.1, 0.15) is 5.82 Å². The topological polar surface area (TPSA) is 67.0 Å². The van der Waals surface area contributed by atoms with E-state index in [1.165, 1.54) is 0 Å². The highest BCUT2D eigenvalue weighted by atomic mass is 16.5. The molecule has 0 radical (unpaired) electrons. The number of hydrogen-bond donors (Lipinski definition) is 2. The van der Waals surface area contributed by atoms with E-state index in [2.05, 4.69) is 15.3 Å². The highest BCUT2D eigenvalue weighted by Gasteiger charge is 2.23. The molecular weight excluding hydrogens is 230 g/mol. The number of amides is 1. The van der Waals surface area contributed by atoms with Crippen molar-refractivity contribution in [3.8, 4) is 0 Å². The molecule has 1 fully saturated rings. The Morgan fingerprint density at radius 2 is 2.39 bits per heavy atom. The van der Waals surface area contributed by atoms with Crippen LogP contribution in [0.25, 0.3) is 11.0 Å². The van der Waals surface area contributed by atoms with Gasteiger partial charge in [0.2, 0.25) is 5.91 Å². The van der Waals surface area contributed by atoms with E-state index in [-0.39, 0.29) is 11.8 Å². The number of fused-ring (bicyclic) bond motifs is 1. The van der Waals surface area contributed by atoms with Gasteiger partial charge in [0, 0.05) is 6.61 Å². The van der Waals surface area contributed by atoms with Crippen LogP contribution in [0.1, 0.15) is 12.2 Å². The molecule has 0 spiro atoms. The van der Waals surface area contributed by atoms with Crippen molar-refractivity contribution in [3.63, 3.8) is 0 Å². The van der Waals surface area contributed by atoms with Crippen molar-refractivity contribution in [1.82, 2.24) is 15.3 Å². The number of ether oxygens (including phenoxy) is 1. The Labute approximate surface area is 105 Å². The van der Waals surface area contributed by atoms with Gasteiger partial charge in [-0.1, -0.05) is 12.1 Å². The number of nitrogens with zero attached hydrogens (tertiary/aromatic N) is 1. The van der Waals surface area contributed by atoms with E-state index in [0.717, 1.165) is 23.3 Å². The zero-order valence-electron chi connectivity index (χ0n) is 9.98. The van der Waals surface area contributed by atoms with Gasteiger partial charge in [0.15, 0.2) is 0 Å². The van der Waals surface area contributed by atoms with Crippen molar-refractivity contribution in [2.45, 2.75) is 13.0 Å². The molecule has 2 N–H and O–H groups in total. The van der Waals surface area contributed by atoms with Crippen LogP contribution in [0.2, 0.25) is 0 Å². The van der Waals surface area contributed by atoms with E-state index < -0.39 is 0 Å². The second kappa shape index (κ2) is 4.78. The Kier molecular flexibility index (Phi) is 2.98. The maximum Gasteiger partial charge on any atom is 0.225 e. The average Bonchev–Trinajstić information content (AvgIpc) is 3.04. The molecule has 1 aliphatic heterocycles. The molecule has 18 heavy (non-hydrogen) atoms. The van der Waals surface area contributed by atoms with Crippen molar-refractivity contribution >= 4 is 16.9 Å². The van der Waals surface area contributed by atoms with Crippen LogP contribution >= 0.6 is 0 Å². The van der Waals surface area contributed by atoms with Crippen molar-refractivity contribution in [1.29, 1.82) is 0 Å². The number of benzene rings is 1. The number of carbonyl (C=O) groups is 1. The summed E-state index contributed by atoms with van der Waals surface area (Å²) >= 11 is 0. The predicted molar refractivity (Wildman–Crippen MR) is 66.9 cm³/mol. The number of nitrogens with one attached hydrogen (secondary N) is 2. The summed E-state index contributed by atoms with van der Waals surface area (Å²) in [5, 5.41) is 2.89. The van der Waals surface area contributed by atoms with Gasteiger partial charge in [0.25, 0.3) is 0 Å². The summed E-state index contributed by atoms with van der Waals surface area (Å²) in [6.45, 7) is 1.65. The zero-order valence-corrected chi connectivity index (χ0v) is 9.98. The molecule has 1 aromatic heterocycles. The molecule has 2 aromatic rings. The molecule has 3 rings (SSSR count). The minimum atomic E-state index is -0.00521.